The summed E-state index contributed by atoms with van der Waals surface area (Å²) < 4.78 is 11.6. The van der Waals surface area contributed by atoms with Crippen molar-refractivity contribution in [2.24, 2.45) is 29.1 Å². The summed E-state index contributed by atoms with van der Waals surface area (Å²) in [6, 6.07) is 0.757. The van der Waals surface area contributed by atoms with Crippen LogP contribution >= 0.6 is 0 Å². The quantitative estimate of drug-likeness (QED) is 0.593. The number of rotatable bonds is 3. The second kappa shape index (κ2) is 4.94. The van der Waals surface area contributed by atoms with Gasteiger partial charge in [0.1, 0.15) is 0 Å². The number of ether oxygens (including phenoxy) is 2. The average Bonchev–Trinajstić information content (AvgIpc) is 3.15. The molecular formula is C18H29NO3. The first-order valence-electron chi connectivity index (χ1n) is 8.95. The van der Waals surface area contributed by atoms with Crippen molar-refractivity contribution in [2.45, 2.75) is 65.4 Å². The zero-order chi connectivity index (χ0) is 15.6. The van der Waals surface area contributed by atoms with Crippen molar-refractivity contribution in [1.82, 2.24) is 4.90 Å². The number of carbonyl (C=O) groups is 1. The number of carbonyl (C=O) groups excluding carboxylic acids is 1. The fourth-order valence-electron chi connectivity index (χ4n) is 5.64. The summed E-state index contributed by atoms with van der Waals surface area (Å²) in [4.78, 5) is 14.7. The zero-order valence-corrected chi connectivity index (χ0v) is 14.2. The van der Waals surface area contributed by atoms with Crippen molar-refractivity contribution < 1.29 is 14.3 Å². The molecule has 0 N–H and O–H groups in total. The van der Waals surface area contributed by atoms with Crippen LogP contribution in [0.3, 0.4) is 0 Å². The van der Waals surface area contributed by atoms with Crippen molar-refractivity contribution >= 4 is 5.97 Å². The SMILES string of the molecule is CC(OC(=O)C(C)(C)C)OC1CC2CC1C1C2C2CCN1C2. The highest BCUT2D eigenvalue weighted by Gasteiger charge is 2.62. The Labute approximate surface area is 133 Å². The standard InChI is InChI=1S/C18H29NO3/c1-10(22-17(20)18(2,3)4)21-14-8-12-7-13(14)16-15(12)11-5-6-19(16)9-11/h10-16H,5-9H2,1-4H3. The summed E-state index contributed by atoms with van der Waals surface area (Å²) in [6.07, 6.45) is 3.77. The van der Waals surface area contributed by atoms with Gasteiger partial charge in [-0.15, -0.1) is 0 Å². The van der Waals surface area contributed by atoms with Crippen LogP contribution in [0.25, 0.3) is 0 Å². The van der Waals surface area contributed by atoms with Gasteiger partial charge in [-0.25, -0.2) is 0 Å². The van der Waals surface area contributed by atoms with Gasteiger partial charge in [-0.1, -0.05) is 0 Å². The van der Waals surface area contributed by atoms with Gasteiger partial charge in [0.2, 0.25) is 0 Å². The molecule has 4 heteroatoms. The minimum Gasteiger partial charge on any atom is -0.436 e. The van der Waals surface area contributed by atoms with Gasteiger partial charge in [-0.3, -0.25) is 9.69 Å². The molecule has 0 aromatic rings. The molecule has 2 aliphatic carbocycles. The van der Waals surface area contributed by atoms with Crippen LogP contribution in [-0.2, 0) is 14.3 Å². The van der Waals surface area contributed by atoms with Crippen molar-refractivity contribution in [1.29, 1.82) is 0 Å². The lowest BCUT2D eigenvalue weighted by Crippen LogP contribution is -2.46. The maximum Gasteiger partial charge on any atom is 0.313 e. The highest BCUT2D eigenvalue weighted by atomic mass is 16.7. The topological polar surface area (TPSA) is 38.8 Å². The van der Waals surface area contributed by atoms with Crippen molar-refractivity contribution in [3.8, 4) is 0 Å². The van der Waals surface area contributed by atoms with E-state index in [0.29, 0.717) is 5.92 Å². The van der Waals surface area contributed by atoms with E-state index in [1.54, 1.807) is 0 Å². The third-order valence-corrected chi connectivity index (χ3v) is 6.44. The van der Waals surface area contributed by atoms with E-state index < -0.39 is 11.7 Å². The molecule has 2 saturated heterocycles. The highest BCUT2D eigenvalue weighted by molar-refractivity contribution is 5.75. The molecule has 4 bridgehead atoms. The summed E-state index contributed by atoms with van der Waals surface area (Å²) >= 11 is 0. The molecule has 0 radical (unpaired) electrons. The van der Waals surface area contributed by atoms with Crippen LogP contribution in [-0.4, -0.2) is 42.4 Å². The van der Waals surface area contributed by atoms with Crippen LogP contribution in [0.2, 0.25) is 0 Å². The van der Waals surface area contributed by atoms with E-state index in [1.165, 1.54) is 32.4 Å². The predicted molar refractivity (Wildman–Crippen MR) is 83.1 cm³/mol. The molecule has 0 aromatic carbocycles. The third kappa shape index (κ3) is 2.22. The lowest BCUT2D eigenvalue weighted by molar-refractivity contribution is -0.200. The molecule has 2 heterocycles. The van der Waals surface area contributed by atoms with Crippen LogP contribution in [0.15, 0.2) is 0 Å². The molecule has 8 atom stereocenters. The predicted octanol–water partition coefficient (Wildman–Crippen LogP) is 2.67. The zero-order valence-electron chi connectivity index (χ0n) is 14.2. The largest absolute Gasteiger partial charge is 0.436 e. The minimum absolute atomic E-state index is 0.176. The van der Waals surface area contributed by atoms with Gasteiger partial charge in [0, 0.05) is 18.5 Å². The Bertz CT molecular complexity index is 471. The fraction of sp³-hybridized carbons (Fsp3) is 0.944. The first kappa shape index (κ1) is 14.9. The smallest absolute Gasteiger partial charge is 0.313 e. The summed E-state index contributed by atoms with van der Waals surface area (Å²) in [5.74, 6) is 3.23. The van der Waals surface area contributed by atoms with Crippen molar-refractivity contribution in [3.05, 3.63) is 0 Å². The highest BCUT2D eigenvalue weighted by Crippen LogP contribution is 2.59. The first-order chi connectivity index (χ1) is 10.3. The Kier molecular flexibility index (Phi) is 3.36. The Hall–Kier alpha value is -0.610. The normalized spacial score (nSPS) is 46.8. The number of esters is 1. The van der Waals surface area contributed by atoms with Gasteiger partial charge < -0.3 is 9.47 Å². The number of nitrogens with zero attached hydrogens (tertiary/aromatic N) is 1. The van der Waals surface area contributed by atoms with E-state index in [0.717, 1.165) is 23.8 Å². The second-order valence-corrected chi connectivity index (χ2v) is 8.90. The number of hydrogen-bond acceptors (Lipinski definition) is 4. The maximum absolute atomic E-state index is 12.0. The van der Waals surface area contributed by atoms with E-state index in [4.69, 9.17) is 9.47 Å². The molecular weight excluding hydrogens is 278 g/mol. The van der Waals surface area contributed by atoms with E-state index >= 15 is 0 Å². The van der Waals surface area contributed by atoms with Crippen molar-refractivity contribution in [3.63, 3.8) is 0 Å². The molecule has 0 amide bonds. The van der Waals surface area contributed by atoms with Gasteiger partial charge in [-0.2, -0.15) is 0 Å². The number of piperidine rings is 1. The molecule has 4 aliphatic rings. The van der Waals surface area contributed by atoms with E-state index in [2.05, 4.69) is 4.90 Å². The average molecular weight is 307 g/mol. The van der Waals surface area contributed by atoms with Crippen LogP contribution in [0.5, 0.6) is 0 Å². The summed E-state index contributed by atoms with van der Waals surface area (Å²) in [6.45, 7) is 10.1. The molecule has 4 nitrogen and oxygen atoms in total. The van der Waals surface area contributed by atoms with Gasteiger partial charge in [0.15, 0.2) is 6.29 Å². The summed E-state index contributed by atoms with van der Waals surface area (Å²) in [5.41, 5.74) is -0.465. The molecule has 2 aliphatic heterocycles. The van der Waals surface area contributed by atoms with Crippen molar-refractivity contribution in [2.75, 3.05) is 13.1 Å². The number of hydrogen-bond donors (Lipinski definition) is 0. The molecule has 124 valence electrons. The van der Waals surface area contributed by atoms with Gasteiger partial charge in [-0.05, 0) is 71.3 Å². The van der Waals surface area contributed by atoms with Gasteiger partial charge in [0.05, 0.1) is 11.5 Å². The Morgan fingerprint density at radius 2 is 2.00 bits per heavy atom. The van der Waals surface area contributed by atoms with Gasteiger partial charge >= 0.3 is 5.97 Å². The number of fused-ring (bicyclic) bond motifs is 9. The van der Waals surface area contributed by atoms with Crippen LogP contribution < -0.4 is 0 Å². The van der Waals surface area contributed by atoms with Crippen LogP contribution in [0.4, 0.5) is 0 Å². The summed E-state index contributed by atoms with van der Waals surface area (Å²) in [5, 5.41) is 0. The van der Waals surface area contributed by atoms with E-state index in [1.807, 2.05) is 27.7 Å². The molecule has 2 saturated carbocycles. The Balaban J connectivity index is 1.37. The molecule has 0 aromatic heterocycles. The van der Waals surface area contributed by atoms with Crippen LogP contribution in [0, 0.1) is 29.1 Å². The molecule has 0 spiro atoms. The van der Waals surface area contributed by atoms with Gasteiger partial charge in [0.25, 0.3) is 0 Å². The minimum atomic E-state index is -0.465. The fourth-order valence-corrected chi connectivity index (χ4v) is 5.64. The summed E-state index contributed by atoms with van der Waals surface area (Å²) in [7, 11) is 0. The molecule has 4 fully saturated rings. The Morgan fingerprint density at radius 3 is 2.73 bits per heavy atom. The molecule has 8 unspecified atom stereocenters. The lowest BCUT2D eigenvalue weighted by atomic mass is 9.76. The first-order valence-corrected chi connectivity index (χ1v) is 8.95. The van der Waals surface area contributed by atoms with E-state index in [9.17, 15) is 4.79 Å². The maximum atomic E-state index is 12.0. The third-order valence-electron chi connectivity index (χ3n) is 6.44. The Morgan fingerprint density at radius 1 is 1.23 bits per heavy atom. The lowest BCUT2D eigenvalue weighted by Gasteiger charge is -2.40. The molecule has 22 heavy (non-hydrogen) atoms. The van der Waals surface area contributed by atoms with E-state index in [-0.39, 0.29) is 12.1 Å². The molecule has 4 rings (SSSR count). The second-order valence-electron chi connectivity index (χ2n) is 8.90. The van der Waals surface area contributed by atoms with Crippen LogP contribution in [0.1, 0.15) is 47.0 Å². The monoisotopic (exact) mass is 307 g/mol.